The Morgan fingerprint density at radius 1 is 1.25 bits per heavy atom. The van der Waals surface area contributed by atoms with Crippen molar-refractivity contribution in [3.05, 3.63) is 29.3 Å². The summed E-state index contributed by atoms with van der Waals surface area (Å²) in [6.07, 6.45) is 2.07. The van der Waals surface area contributed by atoms with Gasteiger partial charge in [-0.3, -0.25) is 4.79 Å². The van der Waals surface area contributed by atoms with Crippen LogP contribution in [0.25, 0.3) is 0 Å². The van der Waals surface area contributed by atoms with Crippen LogP contribution >= 0.6 is 11.6 Å². The van der Waals surface area contributed by atoms with Crippen LogP contribution in [-0.2, 0) is 4.79 Å². The highest BCUT2D eigenvalue weighted by molar-refractivity contribution is 6.17. The quantitative estimate of drug-likeness (QED) is 0.340. The predicted octanol–water partition coefficient (Wildman–Crippen LogP) is 3.62. The number of rotatable bonds is 5. The molecule has 0 saturated carbocycles. The topological polar surface area (TPSA) is 26.3 Å². The predicted molar refractivity (Wildman–Crippen MR) is 66.1 cm³/mol. The van der Waals surface area contributed by atoms with Crippen LogP contribution in [0.2, 0.25) is 0 Å². The maximum atomic E-state index is 11.4. The van der Waals surface area contributed by atoms with Crippen LogP contribution in [0.5, 0.6) is 5.75 Å². The van der Waals surface area contributed by atoms with Crippen LogP contribution in [0.15, 0.2) is 18.2 Å². The third-order valence-electron chi connectivity index (χ3n) is 2.47. The monoisotopic (exact) mass is 240 g/mol. The number of hydrogen-bond donors (Lipinski definition) is 0. The molecule has 0 spiro atoms. The summed E-state index contributed by atoms with van der Waals surface area (Å²) in [6, 6.07) is 5.66. The zero-order valence-corrected chi connectivity index (χ0v) is 10.5. The number of unbranched alkanes of at least 4 members (excludes halogenated alkanes) is 1. The van der Waals surface area contributed by atoms with Gasteiger partial charge in [-0.2, -0.15) is 0 Å². The van der Waals surface area contributed by atoms with Crippen LogP contribution in [0, 0.1) is 13.8 Å². The lowest BCUT2D eigenvalue weighted by molar-refractivity contribution is -0.134. The summed E-state index contributed by atoms with van der Waals surface area (Å²) in [4.78, 5) is 11.4. The summed E-state index contributed by atoms with van der Waals surface area (Å²) in [5.74, 6) is 1.03. The van der Waals surface area contributed by atoms with Gasteiger partial charge >= 0.3 is 5.97 Å². The maximum absolute atomic E-state index is 11.4. The first-order valence-corrected chi connectivity index (χ1v) is 6.01. The highest BCUT2D eigenvalue weighted by Crippen LogP contribution is 2.17. The number of alkyl halides is 1. The zero-order chi connectivity index (χ0) is 12.0. The Balaban J connectivity index is 2.46. The molecular weight excluding hydrogens is 224 g/mol. The van der Waals surface area contributed by atoms with Gasteiger partial charge in [-0.1, -0.05) is 6.07 Å². The molecule has 2 nitrogen and oxygen atoms in total. The molecule has 0 aliphatic rings. The Morgan fingerprint density at radius 2 is 2.00 bits per heavy atom. The molecular formula is C13H17ClO2. The molecule has 0 aliphatic carbocycles. The summed E-state index contributed by atoms with van der Waals surface area (Å²) < 4.78 is 5.21. The van der Waals surface area contributed by atoms with Crippen molar-refractivity contribution in [3.63, 3.8) is 0 Å². The van der Waals surface area contributed by atoms with Gasteiger partial charge in [0.25, 0.3) is 0 Å². The highest BCUT2D eigenvalue weighted by atomic mass is 35.5. The average Bonchev–Trinajstić information content (AvgIpc) is 2.24. The number of aryl methyl sites for hydroxylation is 2. The van der Waals surface area contributed by atoms with E-state index in [1.165, 1.54) is 5.56 Å². The molecule has 88 valence electrons. The molecule has 0 N–H and O–H groups in total. The van der Waals surface area contributed by atoms with Gasteiger partial charge in [0, 0.05) is 12.3 Å². The Morgan fingerprint density at radius 3 is 2.62 bits per heavy atom. The minimum atomic E-state index is -0.187. The molecule has 1 rings (SSSR count). The molecule has 0 aromatic heterocycles. The number of ether oxygens (including phenoxy) is 1. The number of esters is 1. The first-order chi connectivity index (χ1) is 7.63. The molecule has 3 heteroatoms. The molecule has 0 saturated heterocycles. The van der Waals surface area contributed by atoms with Crippen molar-refractivity contribution < 1.29 is 9.53 Å². The largest absolute Gasteiger partial charge is 0.427 e. The lowest BCUT2D eigenvalue weighted by atomic mass is 10.1. The molecule has 0 aliphatic heterocycles. The van der Waals surface area contributed by atoms with Crippen LogP contribution in [0.1, 0.15) is 30.4 Å². The van der Waals surface area contributed by atoms with E-state index in [-0.39, 0.29) is 5.97 Å². The second-order valence-electron chi connectivity index (χ2n) is 3.87. The normalized spacial score (nSPS) is 10.2. The lowest BCUT2D eigenvalue weighted by Crippen LogP contribution is -2.07. The molecule has 0 atom stereocenters. The molecule has 1 aromatic rings. The highest BCUT2D eigenvalue weighted by Gasteiger charge is 2.05. The minimum Gasteiger partial charge on any atom is -0.427 e. The van der Waals surface area contributed by atoms with Crippen molar-refractivity contribution in [2.75, 3.05) is 5.88 Å². The van der Waals surface area contributed by atoms with Gasteiger partial charge in [0.15, 0.2) is 0 Å². The molecule has 0 radical (unpaired) electrons. The third-order valence-corrected chi connectivity index (χ3v) is 2.74. The second-order valence-corrected chi connectivity index (χ2v) is 4.24. The Hall–Kier alpha value is -1.02. The summed E-state index contributed by atoms with van der Waals surface area (Å²) in [5, 5.41) is 0. The van der Waals surface area contributed by atoms with Crippen LogP contribution in [-0.4, -0.2) is 11.8 Å². The molecule has 0 amide bonds. The van der Waals surface area contributed by atoms with Crippen LogP contribution < -0.4 is 4.74 Å². The van der Waals surface area contributed by atoms with Crippen molar-refractivity contribution in [2.24, 2.45) is 0 Å². The van der Waals surface area contributed by atoms with E-state index in [1.54, 1.807) is 0 Å². The van der Waals surface area contributed by atoms with Gasteiger partial charge in [0.05, 0.1) is 0 Å². The number of hydrogen-bond acceptors (Lipinski definition) is 2. The van der Waals surface area contributed by atoms with Gasteiger partial charge in [0.2, 0.25) is 0 Å². The van der Waals surface area contributed by atoms with E-state index in [1.807, 2.05) is 32.0 Å². The average molecular weight is 241 g/mol. The van der Waals surface area contributed by atoms with Gasteiger partial charge < -0.3 is 4.74 Å². The standard InChI is InChI=1S/C13H17ClO2/c1-10-6-7-12(9-11(10)2)16-13(15)5-3-4-8-14/h6-7,9H,3-5,8H2,1-2H3. The molecule has 0 fully saturated rings. The summed E-state index contributed by atoms with van der Waals surface area (Å²) >= 11 is 5.53. The van der Waals surface area contributed by atoms with Gasteiger partial charge in [-0.25, -0.2) is 0 Å². The smallest absolute Gasteiger partial charge is 0.311 e. The first kappa shape index (κ1) is 13.0. The molecule has 1 aromatic carbocycles. The summed E-state index contributed by atoms with van der Waals surface area (Å²) in [6.45, 7) is 4.03. The molecule has 0 heterocycles. The summed E-state index contributed by atoms with van der Waals surface area (Å²) in [5.41, 5.74) is 2.33. The minimum absolute atomic E-state index is 0.187. The van der Waals surface area contributed by atoms with Crippen molar-refractivity contribution in [2.45, 2.75) is 33.1 Å². The van der Waals surface area contributed by atoms with Crippen molar-refractivity contribution in [1.82, 2.24) is 0 Å². The van der Waals surface area contributed by atoms with E-state index in [0.717, 1.165) is 18.4 Å². The summed E-state index contributed by atoms with van der Waals surface area (Å²) in [7, 11) is 0. The number of carbonyl (C=O) groups is 1. The Bertz CT molecular complexity index is 361. The van der Waals surface area contributed by atoms with Crippen molar-refractivity contribution in [3.8, 4) is 5.75 Å². The number of halogens is 1. The second kappa shape index (κ2) is 6.54. The van der Waals surface area contributed by atoms with E-state index in [9.17, 15) is 4.79 Å². The van der Waals surface area contributed by atoms with E-state index in [4.69, 9.17) is 16.3 Å². The van der Waals surface area contributed by atoms with Crippen molar-refractivity contribution >= 4 is 17.6 Å². The van der Waals surface area contributed by atoms with E-state index in [2.05, 4.69) is 0 Å². The van der Waals surface area contributed by atoms with Crippen LogP contribution in [0.3, 0.4) is 0 Å². The lowest BCUT2D eigenvalue weighted by Gasteiger charge is -2.06. The van der Waals surface area contributed by atoms with Crippen LogP contribution in [0.4, 0.5) is 0 Å². The van der Waals surface area contributed by atoms with Gasteiger partial charge in [-0.05, 0) is 49.9 Å². The molecule has 16 heavy (non-hydrogen) atoms. The Labute approximate surface area is 102 Å². The first-order valence-electron chi connectivity index (χ1n) is 5.47. The van der Waals surface area contributed by atoms with Gasteiger partial charge in [0.1, 0.15) is 5.75 Å². The SMILES string of the molecule is Cc1ccc(OC(=O)CCCCCl)cc1C. The number of benzene rings is 1. The fraction of sp³-hybridized carbons (Fsp3) is 0.462. The fourth-order valence-corrected chi connectivity index (χ4v) is 1.51. The molecule has 0 unspecified atom stereocenters. The maximum Gasteiger partial charge on any atom is 0.311 e. The fourth-order valence-electron chi connectivity index (χ4n) is 1.32. The third kappa shape index (κ3) is 4.23. The van der Waals surface area contributed by atoms with E-state index < -0.39 is 0 Å². The van der Waals surface area contributed by atoms with E-state index in [0.29, 0.717) is 18.1 Å². The zero-order valence-electron chi connectivity index (χ0n) is 9.75. The molecule has 0 bridgehead atoms. The van der Waals surface area contributed by atoms with Crippen molar-refractivity contribution in [1.29, 1.82) is 0 Å². The Kier molecular flexibility index (Phi) is 5.33. The van der Waals surface area contributed by atoms with E-state index >= 15 is 0 Å². The number of carbonyl (C=O) groups excluding carboxylic acids is 1. The van der Waals surface area contributed by atoms with Gasteiger partial charge in [-0.15, -0.1) is 11.6 Å².